The minimum absolute atomic E-state index is 0.0355. The lowest BCUT2D eigenvalue weighted by molar-refractivity contribution is 0.478. The lowest BCUT2D eigenvalue weighted by atomic mass is 10.2. The molecule has 0 bridgehead atoms. The minimum atomic E-state index is 0.0355. The summed E-state index contributed by atoms with van der Waals surface area (Å²) in [6, 6.07) is 4.98. The van der Waals surface area contributed by atoms with Gasteiger partial charge < -0.3 is 10.8 Å². The van der Waals surface area contributed by atoms with Gasteiger partial charge in [0.05, 0.1) is 11.9 Å². The van der Waals surface area contributed by atoms with Gasteiger partial charge in [0.15, 0.2) is 11.5 Å². The summed E-state index contributed by atoms with van der Waals surface area (Å²) in [5.41, 5.74) is 7.29. The molecule has 2 heterocycles. The van der Waals surface area contributed by atoms with Crippen molar-refractivity contribution >= 4 is 11.3 Å². The summed E-state index contributed by atoms with van der Waals surface area (Å²) < 4.78 is 1.79. The van der Waals surface area contributed by atoms with Crippen molar-refractivity contribution in [1.29, 1.82) is 0 Å². The number of hydrogen-bond acceptors (Lipinski definition) is 5. The van der Waals surface area contributed by atoms with Crippen LogP contribution >= 0.6 is 0 Å². The van der Waals surface area contributed by atoms with E-state index in [1.807, 2.05) is 0 Å². The third-order valence-electron chi connectivity index (χ3n) is 2.50. The quantitative estimate of drug-likeness (QED) is 0.479. The molecule has 3 rings (SSSR count). The zero-order valence-corrected chi connectivity index (χ0v) is 8.78. The van der Waals surface area contributed by atoms with Gasteiger partial charge in [0.1, 0.15) is 5.75 Å². The number of phenolic OH excluding ortho intramolecular Hbond substituents is 1. The van der Waals surface area contributed by atoms with E-state index in [0.29, 0.717) is 17.2 Å². The van der Waals surface area contributed by atoms with Gasteiger partial charge >= 0.3 is 0 Å². The average molecular weight is 227 g/mol. The maximum atomic E-state index is 9.58. The Morgan fingerprint density at radius 1 is 1.24 bits per heavy atom. The predicted octanol–water partition coefficient (Wildman–Crippen LogP) is 1.08. The Morgan fingerprint density at radius 2 is 2.12 bits per heavy atom. The van der Waals surface area contributed by atoms with Crippen molar-refractivity contribution in [3.8, 4) is 17.1 Å². The third kappa shape index (κ3) is 1.46. The van der Waals surface area contributed by atoms with E-state index in [4.69, 9.17) is 5.73 Å². The van der Waals surface area contributed by atoms with E-state index in [1.165, 1.54) is 0 Å². The SMILES string of the molecule is Nc1ccc(-c2nnc3cnccn23)cc1O. The van der Waals surface area contributed by atoms with E-state index in [-0.39, 0.29) is 5.75 Å². The summed E-state index contributed by atoms with van der Waals surface area (Å²) in [6.45, 7) is 0. The zero-order valence-electron chi connectivity index (χ0n) is 8.78. The van der Waals surface area contributed by atoms with E-state index in [0.717, 1.165) is 5.56 Å². The second-order valence-electron chi connectivity index (χ2n) is 3.60. The van der Waals surface area contributed by atoms with Gasteiger partial charge in [-0.05, 0) is 18.2 Å². The second-order valence-corrected chi connectivity index (χ2v) is 3.60. The fourth-order valence-corrected chi connectivity index (χ4v) is 1.63. The Bertz CT molecular complexity index is 691. The molecule has 3 aromatic rings. The second kappa shape index (κ2) is 3.44. The molecule has 0 unspecified atom stereocenters. The normalized spacial score (nSPS) is 10.8. The maximum absolute atomic E-state index is 9.58. The van der Waals surface area contributed by atoms with E-state index in [9.17, 15) is 5.11 Å². The summed E-state index contributed by atoms with van der Waals surface area (Å²) in [7, 11) is 0. The molecule has 0 radical (unpaired) electrons. The van der Waals surface area contributed by atoms with Crippen LogP contribution in [0.4, 0.5) is 5.69 Å². The Kier molecular flexibility index (Phi) is 1.94. The lowest BCUT2D eigenvalue weighted by Gasteiger charge is -2.02. The number of nitrogens with zero attached hydrogens (tertiary/aromatic N) is 4. The number of aromatic nitrogens is 4. The van der Waals surface area contributed by atoms with Crippen molar-refractivity contribution < 1.29 is 5.11 Å². The fourth-order valence-electron chi connectivity index (χ4n) is 1.63. The molecule has 17 heavy (non-hydrogen) atoms. The standard InChI is InChI=1S/C11H9N5O/c12-8-2-1-7(5-9(8)17)11-15-14-10-6-13-3-4-16(10)11/h1-6,17H,12H2. The van der Waals surface area contributed by atoms with E-state index < -0.39 is 0 Å². The number of phenols is 1. The van der Waals surface area contributed by atoms with Crippen LogP contribution < -0.4 is 5.73 Å². The summed E-state index contributed by atoms with van der Waals surface area (Å²) in [4.78, 5) is 3.96. The van der Waals surface area contributed by atoms with Gasteiger partial charge in [-0.3, -0.25) is 9.38 Å². The molecule has 0 atom stereocenters. The number of nitrogen functional groups attached to an aromatic ring is 1. The van der Waals surface area contributed by atoms with Crippen LogP contribution in [0.25, 0.3) is 17.0 Å². The molecule has 0 aliphatic rings. The Hall–Kier alpha value is -2.63. The first-order chi connectivity index (χ1) is 8.25. The molecule has 6 heteroatoms. The van der Waals surface area contributed by atoms with Crippen LogP contribution in [0, 0.1) is 0 Å². The van der Waals surface area contributed by atoms with Crippen LogP contribution in [0.2, 0.25) is 0 Å². The van der Waals surface area contributed by atoms with Crippen molar-refractivity contribution in [3.05, 3.63) is 36.8 Å². The van der Waals surface area contributed by atoms with E-state index in [1.54, 1.807) is 41.2 Å². The van der Waals surface area contributed by atoms with Crippen molar-refractivity contribution in [2.24, 2.45) is 0 Å². The monoisotopic (exact) mass is 227 g/mol. The van der Waals surface area contributed by atoms with Crippen LogP contribution in [0.15, 0.2) is 36.8 Å². The Labute approximate surface area is 96.4 Å². The smallest absolute Gasteiger partial charge is 0.179 e. The van der Waals surface area contributed by atoms with E-state index in [2.05, 4.69) is 15.2 Å². The van der Waals surface area contributed by atoms with Gasteiger partial charge in [-0.2, -0.15) is 0 Å². The van der Waals surface area contributed by atoms with Crippen LogP contribution in [0.1, 0.15) is 0 Å². The number of hydrogen-bond donors (Lipinski definition) is 2. The highest BCUT2D eigenvalue weighted by molar-refractivity contribution is 5.66. The van der Waals surface area contributed by atoms with Crippen LogP contribution in [0.3, 0.4) is 0 Å². The van der Waals surface area contributed by atoms with Crippen molar-refractivity contribution in [3.63, 3.8) is 0 Å². The molecule has 0 spiro atoms. The largest absolute Gasteiger partial charge is 0.506 e. The molecule has 0 saturated heterocycles. The van der Waals surface area contributed by atoms with Crippen molar-refractivity contribution in [2.45, 2.75) is 0 Å². The summed E-state index contributed by atoms with van der Waals surface area (Å²) in [5.74, 6) is 0.672. The summed E-state index contributed by atoms with van der Waals surface area (Å²) in [6.07, 6.45) is 5.03. The summed E-state index contributed by atoms with van der Waals surface area (Å²) in [5, 5.41) is 17.6. The predicted molar refractivity (Wildman–Crippen MR) is 62.3 cm³/mol. The third-order valence-corrected chi connectivity index (χ3v) is 2.50. The van der Waals surface area contributed by atoms with Gasteiger partial charge in [-0.1, -0.05) is 0 Å². The first kappa shape index (κ1) is 9.59. The van der Waals surface area contributed by atoms with Crippen LogP contribution in [-0.2, 0) is 0 Å². The maximum Gasteiger partial charge on any atom is 0.179 e. The number of nitrogens with two attached hydrogens (primary N) is 1. The van der Waals surface area contributed by atoms with Gasteiger partial charge in [0, 0.05) is 18.0 Å². The van der Waals surface area contributed by atoms with Crippen molar-refractivity contribution in [2.75, 3.05) is 5.73 Å². The number of rotatable bonds is 1. The van der Waals surface area contributed by atoms with Gasteiger partial charge in [0.2, 0.25) is 0 Å². The molecule has 0 aliphatic heterocycles. The molecule has 0 amide bonds. The minimum Gasteiger partial charge on any atom is -0.506 e. The molecule has 84 valence electrons. The fraction of sp³-hybridized carbons (Fsp3) is 0. The Morgan fingerprint density at radius 3 is 2.94 bits per heavy atom. The van der Waals surface area contributed by atoms with Crippen LogP contribution in [0.5, 0.6) is 5.75 Å². The number of benzene rings is 1. The first-order valence-electron chi connectivity index (χ1n) is 4.99. The van der Waals surface area contributed by atoms with Gasteiger partial charge in [-0.25, -0.2) is 0 Å². The highest BCUT2D eigenvalue weighted by Crippen LogP contribution is 2.26. The molecule has 0 fully saturated rings. The molecular formula is C11H9N5O. The van der Waals surface area contributed by atoms with Crippen LogP contribution in [-0.4, -0.2) is 24.7 Å². The number of fused-ring (bicyclic) bond motifs is 1. The van der Waals surface area contributed by atoms with Gasteiger partial charge in [0.25, 0.3) is 0 Å². The molecule has 2 aromatic heterocycles. The number of anilines is 1. The first-order valence-corrected chi connectivity index (χ1v) is 4.99. The Balaban J connectivity index is 2.24. The molecule has 1 aromatic carbocycles. The molecule has 6 nitrogen and oxygen atoms in total. The number of aromatic hydroxyl groups is 1. The van der Waals surface area contributed by atoms with Crippen molar-refractivity contribution in [1.82, 2.24) is 19.6 Å². The molecule has 0 aliphatic carbocycles. The van der Waals surface area contributed by atoms with Gasteiger partial charge in [-0.15, -0.1) is 10.2 Å². The molecular weight excluding hydrogens is 218 g/mol. The summed E-state index contributed by atoms with van der Waals surface area (Å²) >= 11 is 0. The van der Waals surface area contributed by atoms with E-state index >= 15 is 0 Å². The highest BCUT2D eigenvalue weighted by atomic mass is 16.3. The highest BCUT2D eigenvalue weighted by Gasteiger charge is 2.09. The zero-order chi connectivity index (χ0) is 11.8. The molecule has 0 saturated carbocycles. The lowest BCUT2D eigenvalue weighted by Crippen LogP contribution is -1.91. The average Bonchev–Trinajstić information content (AvgIpc) is 2.76. The topological polar surface area (TPSA) is 89.3 Å². The molecule has 3 N–H and O–H groups in total.